The second-order valence-electron chi connectivity index (χ2n) is 4.52. The molecule has 3 nitrogen and oxygen atoms in total. The predicted molar refractivity (Wildman–Crippen MR) is 69.5 cm³/mol. The van der Waals surface area contributed by atoms with Gasteiger partial charge in [-0.2, -0.15) is 0 Å². The molecular formula is C13H14ClN3. The standard InChI is InChI=1S/C13H14ClN3/c1-8-11-6-10(14)2-3-12(11)17-13(16-8)9-4-5-15-7-9/h2-3,6,9,15H,4-5,7H2,1H3. The molecular weight excluding hydrogens is 234 g/mol. The lowest BCUT2D eigenvalue weighted by atomic mass is 10.1. The Bertz CT molecular complexity index is 562. The second-order valence-corrected chi connectivity index (χ2v) is 4.95. The van der Waals surface area contributed by atoms with Crippen LogP contribution in [0.5, 0.6) is 0 Å². The van der Waals surface area contributed by atoms with Gasteiger partial charge in [-0.15, -0.1) is 0 Å². The summed E-state index contributed by atoms with van der Waals surface area (Å²) in [4.78, 5) is 9.26. The Balaban J connectivity index is 2.13. The first-order valence-electron chi connectivity index (χ1n) is 5.88. The molecule has 17 heavy (non-hydrogen) atoms. The van der Waals surface area contributed by atoms with Crippen molar-refractivity contribution in [3.63, 3.8) is 0 Å². The summed E-state index contributed by atoms with van der Waals surface area (Å²) in [6.07, 6.45) is 1.12. The van der Waals surface area contributed by atoms with Gasteiger partial charge in [0.05, 0.1) is 5.52 Å². The molecule has 3 rings (SSSR count). The maximum absolute atomic E-state index is 5.99. The molecule has 1 unspecified atom stereocenters. The lowest BCUT2D eigenvalue weighted by Crippen LogP contribution is -2.10. The van der Waals surface area contributed by atoms with Crippen molar-refractivity contribution in [2.75, 3.05) is 13.1 Å². The van der Waals surface area contributed by atoms with Gasteiger partial charge in [-0.3, -0.25) is 0 Å². The Kier molecular flexibility index (Phi) is 2.73. The third-order valence-electron chi connectivity index (χ3n) is 3.29. The van der Waals surface area contributed by atoms with Crippen LogP contribution < -0.4 is 5.32 Å². The van der Waals surface area contributed by atoms with Crippen LogP contribution in [0, 0.1) is 6.92 Å². The Hall–Kier alpha value is -1.19. The molecule has 1 atom stereocenters. The SMILES string of the molecule is Cc1nc(C2CCNC2)nc2ccc(Cl)cc12. The van der Waals surface area contributed by atoms with Crippen molar-refractivity contribution in [3.8, 4) is 0 Å². The van der Waals surface area contributed by atoms with Gasteiger partial charge >= 0.3 is 0 Å². The van der Waals surface area contributed by atoms with E-state index in [2.05, 4.69) is 15.3 Å². The molecule has 0 radical (unpaired) electrons. The molecule has 1 fully saturated rings. The minimum atomic E-state index is 0.453. The van der Waals surface area contributed by atoms with E-state index in [9.17, 15) is 0 Å². The Morgan fingerprint density at radius 3 is 3.00 bits per heavy atom. The molecule has 1 aliphatic heterocycles. The van der Waals surface area contributed by atoms with Gasteiger partial charge in [0, 0.05) is 28.6 Å². The number of benzene rings is 1. The van der Waals surface area contributed by atoms with E-state index in [0.717, 1.165) is 47.0 Å². The third-order valence-corrected chi connectivity index (χ3v) is 3.53. The number of rotatable bonds is 1. The van der Waals surface area contributed by atoms with Crippen LogP contribution in [-0.2, 0) is 0 Å². The van der Waals surface area contributed by atoms with Crippen LogP contribution in [0.1, 0.15) is 23.9 Å². The van der Waals surface area contributed by atoms with Gasteiger partial charge in [-0.05, 0) is 38.1 Å². The summed E-state index contributed by atoms with van der Waals surface area (Å²) in [6.45, 7) is 4.07. The molecule has 0 aliphatic carbocycles. The van der Waals surface area contributed by atoms with E-state index in [0.29, 0.717) is 5.92 Å². The van der Waals surface area contributed by atoms with Crippen LogP contribution in [0.15, 0.2) is 18.2 Å². The normalized spacial score (nSPS) is 20.0. The van der Waals surface area contributed by atoms with Crippen molar-refractivity contribution in [2.45, 2.75) is 19.3 Å². The minimum Gasteiger partial charge on any atom is -0.316 e. The van der Waals surface area contributed by atoms with Gasteiger partial charge in [0.1, 0.15) is 5.82 Å². The highest BCUT2D eigenvalue weighted by molar-refractivity contribution is 6.31. The van der Waals surface area contributed by atoms with E-state index in [4.69, 9.17) is 11.6 Å². The van der Waals surface area contributed by atoms with Crippen molar-refractivity contribution in [1.82, 2.24) is 15.3 Å². The summed E-state index contributed by atoms with van der Waals surface area (Å²) in [5, 5.41) is 5.13. The fourth-order valence-electron chi connectivity index (χ4n) is 2.33. The summed E-state index contributed by atoms with van der Waals surface area (Å²) >= 11 is 5.99. The second kappa shape index (κ2) is 4.24. The van der Waals surface area contributed by atoms with Crippen LogP contribution >= 0.6 is 11.6 Å². The monoisotopic (exact) mass is 247 g/mol. The van der Waals surface area contributed by atoms with Gasteiger partial charge in [0.2, 0.25) is 0 Å². The van der Waals surface area contributed by atoms with E-state index in [1.165, 1.54) is 0 Å². The molecule has 4 heteroatoms. The first-order chi connectivity index (χ1) is 8.24. The van der Waals surface area contributed by atoms with E-state index in [-0.39, 0.29) is 0 Å². The first-order valence-corrected chi connectivity index (χ1v) is 6.26. The topological polar surface area (TPSA) is 37.8 Å². The van der Waals surface area contributed by atoms with Gasteiger partial charge in [-0.1, -0.05) is 11.6 Å². The van der Waals surface area contributed by atoms with Gasteiger partial charge in [0.25, 0.3) is 0 Å². The summed E-state index contributed by atoms with van der Waals surface area (Å²) in [7, 11) is 0. The zero-order chi connectivity index (χ0) is 11.8. The van der Waals surface area contributed by atoms with Gasteiger partial charge in [0.15, 0.2) is 0 Å². The zero-order valence-electron chi connectivity index (χ0n) is 9.70. The highest BCUT2D eigenvalue weighted by Gasteiger charge is 2.20. The molecule has 0 saturated carbocycles. The highest BCUT2D eigenvalue weighted by atomic mass is 35.5. The van der Waals surface area contributed by atoms with Crippen molar-refractivity contribution in [3.05, 3.63) is 34.7 Å². The largest absolute Gasteiger partial charge is 0.316 e. The fourth-order valence-corrected chi connectivity index (χ4v) is 2.51. The van der Waals surface area contributed by atoms with Crippen LogP contribution in [0.3, 0.4) is 0 Å². The molecule has 2 heterocycles. The summed E-state index contributed by atoms with van der Waals surface area (Å²) in [5.74, 6) is 1.41. The quantitative estimate of drug-likeness (QED) is 0.842. The van der Waals surface area contributed by atoms with Crippen LogP contribution in [0.2, 0.25) is 5.02 Å². The fraction of sp³-hybridized carbons (Fsp3) is 0.385. The molecule has 2 aromatic rings. The van der Waals surface area contributed by atoms with Gasteiger partial charge < -0.3 is 5.32 Å². The number of aromatic nitrogens is 2. The molecule has 1 aliphatic rings. The Labute approximate surface area is 105 Å². The number of fused-ring (bicyclic) bond motifs is 1. The van der Waals surface area contributed by atoms with Gasteiger partial charge in [-0.25, -0.2) is 9.97 Å². The van der Waals surface area contributed by atoms with E-state index in [1.54, 1.807) is 0 Å². The number of nitrogens with zero attached hydrogens (tertiary/aromatic N) is 2. The number of halogens is 1. The molecule has 0 amide bonds. The smallest absolute Gasteiger partial charge is 0.133 e. The average molecular weight is 248 g/mol. The van der Waals surface area contributed by atoms with Crippen molar-refractivity contribution in [2.24, 2.45) is 0 Å². The molecule has 1 N–H and O–H groups in total. The van der Waals surface area contributed by atoms with Crippen LogP contribution in [0.25, 0.3) is 10.9 Å². The third kappa shape index (κ3) is 2.01. The van der Waals surface area contributed by atoms with Crippen molar-refractivity contribution in [1.29, 1.82) is 0 Å². The molecule has 1 saturated heterocycles. The Morgan fingerprint density at radius 1 is 1.35 bits per heavy atom. The predicted octanol–water partition coefficient (Wildman–Crippen LogP) is 2.67. The molecule has 1 aromatic heterocycles. The minimum absolute atomic E-state index is 0.453. The molecule has 0 spiro atoms. The molecule has 0 bridgehead atoms. The number of hydrogen-bond donors (Lipinski definition) is 1. The number of aryl methyl sites for hydroxylation is 1. The summed E-state index contributed by atoms with van der Waals surface area (Å²) in [5.41, 5.74) is 2.00. The van der Waals surface area contributed by atoms with Crippen molar-refractivity contribution >= 4 is 22.5 Å². The lowest BCUT2D eigenvalue weighted by Gasteiger charge is -2.10. The highest BCUT2D eigenvalue weighted by Crippen LogP contribution is 2.24. The first kappa shape index (κ1) is 10.9. The zero-order valence-corrected chi connectivity index (χ0v) is 10.5. The van der Waals surface area contributed by atoms with E-state index < -0.39 is 0 Å². The van der Waals surface area contributed by atoms with Crippen molar-refractivity contribution < 1.29 is 0 Å². The number of hydrogen-bond acceptors (Lipinski definition) is 3. The molecule has 88 valence electrons. The summed E-state index contributed by atoms with van der Waals surface area (Å²) < 4.78 is 0. The average Bonchev–Trinajstić information content (AvgIpc) is 2.83. The maximum atomic E-state index is 5.99. The number of nitrogens with one attached hydrogen (secondary N) is 1. The lowest BCUT2D eigenvalue weighted by molar-refractivity contribution is 0.703. The maximum Gasteiger partial charge on any atom is 0.133 e. The summed E-state index contributed by atoms with van der Waals surface area (Å²) in [6, 6.07) is 5.79. The van der Waals surface area contributed by atoms with Crippen LogP contribution in [-0.4, -0.2) is 23.1 Å². The Morgan fingerprint density at radius 2 is 2.24 bits per heavy atom. The molecule has 1 aromatic carbocycles. The van der Waals surface area contributed by atoms with Crippen LogP contribution in [0.4, 0.5) is 0 Å². The van der Waals surface area contributed by atoms with E-state index in [1.807, 2.05) is 25.1 Å². The van der Waals surface area contributed by atoms with E-state index >= 15 is 0 Å².